The molecule has 9 heteroatoms. The minimum absolute atomic E-state index is 0.229. The number of hydrogen-bond acceptors (Lipinski definition) is 4. The van der Waals surface area contributed by atoms with E-state index in [-0.39, 0.29) is 24.0 Å². The molecule has 128 valence electrons. The molecule has 0 atom stereocenters. The third-order valence-corrected chi connectivity index (χ3v) is 4.23. The van der Waals surface area contributed by atoms with Gasteiger partial charge in [-0.25, -0.2) is 9.78 Å². The molecule has 0 aliphatic rings. The predicted octanol–water partition coefficient (Wildman–Crippen LogP) is 3.84. The molecule has 0 bridgehead atoms. The fraction of sp³-hybridized carbons (Fsp3) is 0.267. The smallest absolute Gasteiger partial charge is 0.321 e. The minimum atomic E-state index is -0.497. The van der Waals surface area contributed by atoms with Crippen LogP contribution in [0.15, 0.2) is 24.4 Å². The van der Waals surface area contributed by atoms with Gasteiger partial charge in [0.1, 0.15) is 4.88 Å². The lowest BCUT2D eigenvalue weighted by Crippen LogP contribution is -2.29. The zero-order valence-corrected chi connectivity index (χ0v) is 14.4. The number of nitrogens with zero attached hydrogens (tertiary/aromatic N) is 1. The fourth-order valence-corrected chi connectivity index (χ4v) is 2.79. The molecule has 0 fully saturated rings. The normalized spacial score (nSPS) is 10.3. The lowest BCUT2D eigenvalue weighted by atomic mass is 10.2. The number of aryl methyl sites for hydroxylation is 1. The average Bonchev–Trinajstić information content (AvgIpc) is 2.99. The lowest BCUT2D eigenvalue weighted by molar-refractivity contribution is 0.103. The van der Waals surface area contributed by atoms with Crippen LogP contribution in [0.25, 0.3) is 0 Å². The SMILES string of the molecule is Cc1cccc(Cl)c1NC(=O)c1cnc(NC(=O)NCCCF)s1. The molecule has 24 heavy (non-hydrogen) atoms. The van der Waals surface area contributed by atoms with E-state index in [1.54, 1.807) is 12.1 Å². The summed E-state index contributed by atoms with van der Waals surface area (Å²) in [6.45, 7) is 1.57. The molecule has 0 unspecified atom stereocenters. The van der Waals surface area contributed by atoms with Crippen molar-refractivity contribution in [3.63, 3.8) is 0 Å². The first-order valence-electron chi connectivity index (χ1n) is 7.14. The second-order valence-electron chi connectivity index (χ2n) is 4.84. The van der Waals surface area contributed by atoms with Crippen LogP contribution in [0.3, 0.4) is 0 Å². The van der Waals surface area contributed by atoms with Gasteiger partial charge < -0.3 is 10.6 Å². The van der Waals surface area contributed by atoms with E-state index in [1.807, 2.05) is 13.0 Å². The van der Waals surface area contributed by atoms with Crippen LogP contribution in [-0.2, 0) is 0 Å². The van der Waals surface area contributed by atoms with E-state index in [0.29, 0.717) is 15.6 Å². The Morgan fingerprint density at radius 2 is 2.12 bits per heavy atom. The van der Waals surface area contributed by atoms with Gasteiger partial charge in [-0.1, -0.05) is 35.1 Å². The van der Waals surface area contributed by atoms with E-state index < -0.39 is 12.7 Å². The summed E-state index contributed by atoms with van der Waals surface area (Å²) in [6, 6.07) is 4.82. The van der Waals surface area contributed by atoms with Gasteiger partial charge in [-0.2, -0.15) is 0 Å². The molecule has 0 spiro atoms. The first kappa shape index (κ1) is 18.2. The molecule has 1 aromatic heterocycles. The topological polar surface area (TPSA) is 83.1 Å². The van der Waals surface area contributed by atoms with Crippen LogP contribution < -0.4 is 16.0 Å². The second-order valence-corrected chi connectivity index (χ2v) is 6.28. The van der Waals surface area contributed by atoms with E-state index in [0.717, 1.165) is 16.9 Å². The summed E-state index contributed by atoms with van der Waals surface area (Å²) in [5.74, 6) is -0.366. The number of hydrogen-bond donors (Lipinski definition) is 3. The Morgan fingerprint density at radius 1 is 1.33 bits per heavy atom. The van der Waals surface area contributed by atoms with Crippen molar-refractivity contribution in [2.24, 2.45) is 0 Å². The number of amides is 3. The summed E-state index contributed by atoms with van der Waals surface area (Å²) in [4.78, 5) is 28.1. The van der Waals surface area contributed by atoms with Gasteiger partial charge in [0.15, 0.2) is 5.13 Å². The standard InChI is InChI=1S/C15H16ClFN4O2S/c1-9-4-2-5-10(16)12(9)20-13(22)11-8-19-15(24-11)21-14(23)18-7-3-6-17/h2,4-5,8H,3,6-7H2,1H3,(H,20,22)(H2,18,19,21,23). The van der Waals surface area contributed by atoms with Crippen LogP contribution in [0.5, 0.6) is 0 Å². The van der Waals surface area contributed by atoms with Gasteiger partial charge in [0.25, 0.3) is 5.91 Å². The van der Waals surface area contributed by atoms with Gasteiger partial charge in [0.05, 0.1) is 23.6 Å². The van der Waals surface area contributed by atoms with Crippen LogP contribution in [0.1, 0.15) is 21.7 Å². The zero-order chi connectivity index (χ0) is 17.5. The Labute approximate surface area is 147 Å². The Morgan fingerprint density at radius 3 is 2.83 bits per heavy atom. The van der Waals surface area contributed by atoms with Crippen molar-refractivity contribution in [1.29, 1.82) is 0 Å². The molecule has 3 N–H and O–H groups in total. The van der Waals surface area contributed by atoms with Gasteiger partial charge in [0, 0.05) is 6.54 Å². The van der Waals surface area contributed by atoms with E-state index in [2.05, 4.69) is 20.9 Å². The van der Waals surface area contributed by atoms with Gasteiger partial charge in [-0.05, 0) is 25.0 Å². The number of urea groups is 1. The number of halogens is 2. The Hall–Kier alpha value is -2.19. The van der Waals surface area contributed by atoms with E-state index in [9.17, 15) is 14.0 Å². The average molecular weight is 371 g/mol. The van der Waals surface area contributed by atoms with Crippen molar-refractivity contribution < 1.29 is 14.0 Å². The third-order valence-electron chi connectivity index (χ3n) is 3.01. The monoisotopic (exact) mass is 370 g/mol. The van der Waals surface area contributed by atoms with Crippen molar-refractivity contribution in [3.8, 4) is 0 Å². The van der Waals surface area contributed by atoms with E-state index in [4.69, 9.17) is 11.6 Å². The van der Waals surface area contributed by atoms with Crippen molar-refractivity contribution >= 4 is 45.7 Å². The molecule has 0 aliphatic carbocycles. The zero-order valence-electron chi connectivity index (χ0n) is 12.9. The first-order valence-corrected chi connectivity index (χ1v) is 8.34. The van der Waals surface area contributed by atoms with Gasteiger partial charge in [-0.15, -0.1) is 0 Å². The number of rotatable bonds is 6. The second kappa shape index (κ2) is 8.60. The molecule has 2 rings (SSSR count). The van der Waals surface area contributed by atoms with Gasteiger partial charge in [-0.3, -0.25) is 14.5 Å². The highest BCUT2D eigenvalue weighted by molar-refractivity contribution is 7.17. The molecular formula is C15H16ClFN4O2S. The largest absolute Gasteiger partial charge is 0.338 e. The highest BCUT2D eigenvalue weighted by Crippen LogP contribution is 2.27. The van der Waals surface area contributed by atoms with Crippen LogP contribution in [0, 0.1) is 6.92 Å². The molecule has 0 saturated carbocycles. The quantitative estimate of drug-likeness (QED) is 0.675. The molecule has 1 heterocycles. The van der Waals surface area contributed by atoms with Gasteiger partial charge in [0.2, 0.25) is 0 Å². The van der Waals surface area contributed by atoms with Crippen LogP contribution in [0.2, 0.25) is 5.02 Å². The minimum Gasteiger partial charge on any atom is -0.338 e. The molecule has 2 aromatic rings. The summed E-state index contributed by atoms with van der Waals surface area (Å²) in [6.07, 6.45) is 1.61. The van der Waals surface area contributed by atoms with Crippen molar-refractivity contribution in [2.45, 2.75) is 13.3 Å². The van der Waals surface area contributed by atoms with Crippen molar-refractivity contribution in [2.75, 3.05) is 23.9 Å². The molecule has 6 nitrogen and oxygen atoms in total. The maximum absolute atomic E-state index is 12.3. The van der Waals surface area contributed by atoms with Crippen molar-refractivity contribution in [3.05, 3.63) is 39.9 Å². The number of carbonyl (C=O) groups is 2. The highest BCUT2D eigenvalue weighted by Gasteiger charge is 2.14. The Balaban J connectivity index is 1.97. The summed E-state index contributed by atoms with van der Waals surface area (Å²) < 4.78 is 12.0. The lowest BCUT2D eigenvalue weighted by Gasteiger charge is -2.08. The molecule has 0 radical (unpaired) electrons. The summed E-state index contributed by atoms with van der Waals surface area (Å²) >= 11 is 7.10. The summed E-state index contributed by atoms with van der Waals surface area (Å²) in [7, 11) is 0. The molecular weight excluding hydrogens is 355 g/mol. The Bertz CT molecular complexity index is 718. The van der Waals surface area contributed by atoms with Crippen LogP contribution >= 0.6 is 22.9 Å². The Kier molecular flexibility index (Phi) is 6.51. The number of aromatic nitrogens is 1. The number of anilines is 2. The number of nitrogens with one attached hydrogen (secondary N) is 3. The van der Waals surface area contributed by atoms with Gasteiger partial charge >= 0.3 is 6.03 Å². The van der Waals surface area contributed by atoms with Crippen molar-refractivity contribution in [1.82, 2.24) is 10.3 Å². The highest BCUT2D eigenvalue weighted by atomic mass is 35.5. The van der Waals surface area contributed by atoms with E-state index in [1.165, 1.54) is 6.20 Å². The number of benzene rings is 1. The maximum Gasteiger partial charge on any atom is 0.321 e. The maximum atomic E-state index is 12.3. The number of para-hydroxylation sites is 1. The predicted molar refractivity (Wildman–Crippen MR) is 93.9 cm³/mol. The summed E-state index contributed by atoms with van der Waals surface area (Å²) in [5.41, 5.74) is 1.38. The first-order chi connectivity index (χ1) is 11.5. The fourth-order valence-electron chi connectivity index (χ4n) is 1.81. The number of carbonyl (C=O) groups excluding carboxylic acids is 2. The third kappa shape index (κ3) is 4.90. The van der Waals surface area contributed by atoms with E-state index >= 15 is 0 Å². The number of thiazole rings is 1. The van der Waals surface area contributed by atoms with Crippen LogP contribution in [-0.4, -0.2) is 30.1 Å². The number of alkyl halides is 1. The molecule has 1 aromatic carbocycles. The molecule has 0 aliphatic heterocycles. The molecule has 0 saturated heterocycles. The van der Waals surface area contributed by atoms with Crippen LogP contribution in [0.4, 0.5) is 20.0 Å². The molecule has 3 amide bonds. The summed E-state index contributed by atoms with van der Waals surface area (Å²) in [5, 5.41) is 8.42.